The van der Waals surface area contributed by atoms with Crippen LogP contribution in [0.25, 0.3) is 21.9 Å². The van der Waals surface area contributed by atoms with Crippen LogP contribution in [-0.2, 0) is 4.79 Å². The van der Waals surface area contributed by atoms with Crippen molar-refractivity contribution in [2.75, 3.05) is 0 Å². The summed E-state index contributed by atoms with van der Waals surface area (Å²) >= 11 is 0. The molecule has 3 rings (SSSR count). The lowest BCUT2D eigenvalue weighted by molar-refractivity contribution is -0.144. The largest absolute Gasteiger partial charge is 0.479 e. The van der Waals surface area contributed by atoms with Crippen molar-refractivity contribution in [1.82, 2.24) is 4.98 Å². The Labute approximate surface area is 142 Å². The Morgan fingerprint density at radius 3 is 2.68 bits per heavy atom. The highest BCUT2D eigenvalue weighted by Crippen LogP contribution is 2.31. The van der Waals surface area contributed by atoms with E-state index in [0.29, 0.717) is 27.5 Å². The van der Waals surface area contributed by atoms with Gasteiger partial charge in [0.25, 0.3) is 5.56 Å². The number of benzene rings is 2. The Kier molecular flexibility index (Phi) is 4.27. The zero-order chi connectivity index (χ0) is 18.1. The Morgan fingerprint density at radius 2 is 1.96 bits per heavy atom. The van der Waals surface area contributed by atoms with Crippen LogP contribution in [0.2, 0.25) is 0 Å². The molecule has 5 nitrogen and oxygen atoms in total. The first-order chi connectivity index (χ1) is 11.9. The maximum Gasteiger partial charge on any atom is 0.344 e. The molecule has 0 aliphatic carbocycles. The van der Waals surface area contributed by atoms with Crippen LogP contribution < -0.4 is 10.3 Å². The van der Waals surface area contributed by atoms with Crippen LogP contribution in [0.15, 0.2) is 47.4 Å². The predicted molar refractivity (Wildman–Crippen MR) is 92.4 cm³/mol. The first kappa shape index (κ1) is 16.7. The molecule has 0 aliphatic rings. The fraction of sp³-hybridized carbons (Fsp3) is 0.158. The van der Waals surface area contributed by atoms with Crippen molar-refractivity contribution in [1.29, 1.82) is 0 Å². The Hall–Kier alpha value is -3.15. The monoisotopic (exact) mass is 341 g/mol. The topological polar surface area (TPSA) is 79.4 Å². The number of rotatable bonds is 4. The van der Waals surface area contributed by atoms with E-state index in [0.717, 1.165) is 0 Å². The summed E-state index contributed by atoms with van der Waals surface area (Å²) in [6.45, 7) is 3.08. The second-order valence-electron chi connectivity index (χ2n) is 5.75. The molecular formula is C19H16FNO4. The summed E-state index contributed by atoms with van der Waals surface area (Å²) in [4.78, 5) is 25.7. The lowest BCUT2D eigenvalue weighted by atomic mass is 9.97. The summed E-state index contributed by atoms with van der Waals surface area (Å²) in [5, 5.41) is 9.91. The van der Waals surface area contributed by atoms with Crippen LogP contribution >= 0.6 is 0 Å². The Balaban J connectivity index is 2.17. The van der Waals surface area contributed by atoms with Crippen LogP contribution in [-0.4, -0.2) is 22.2 Å². The zero-order valence-electron chi connectivity index (χ0n) is 13.7. The van der Waals surface area contributed by atoms with Gasteiger partial charge in [0.15, 0.2) is 6.10 Å². The van der Waals surface area contributed by atoms with Crippen LogP contribution in [0, 0.1) is 12.7 Å². The molecule has 1 aromatic heterocycles. The van der Waals surface area contributed by atoms with Crippen molar-refractivity contribution in [2.45, 2.75) is 20.0 Å². The molecule has 0 amide bonds. The third-order valence-corrected chi connectivity index (χ3v) is 4.09. The van der Waals surface area contributed by atoms with Gasteiger partial charge in [-0.15, -0.1) is 0 Å². The van der Waals surface area contributed by atoms with Crippen LogP contribution in [0.1, 0.15) is 12.5 Å². The second-order valence-corrected chi connectivity index (χ2v) is 5.75. The van der Waals surface area contributed by atoms with Gasteiger partial charge < -0.3 is 14.8 Å². The fourth-order valence-corrected chi connectivity index (χ4v) is 2.69. The summed E-state index contributed by atoms with van der Waals surface area (Å²) in [6, 6.07) is 9.54. The summed E-state index contributed by atoms with van der Waals surface area (Å²) in [5.74, 6) is -1.15. The van der Waals surface area contributed by atoms with Gasteiger partial charge in [-0.3, -0.25) is 4.79 Å². The van der Waals surface area contributed by atoms with Crippen molar-refractivity contribution in [3.8, 4) is 16.9 Å². The molecule has 25 heavy (non-hydrogen) atoms. The number of carboxylic acid groups (broad SMARTS) is 1. The number of aromatic amines is 1. The van der Waals surface area contributed by atoms with E-state index < -0.39 is 12.1 Å². The van der Waals surface area contributed by atoms with E-state index in [9.17, 15) is 14.0 Å². The zero-order valence-corrected chi connectivity index (χ0v) is 13.7. The molecule has 0 saturated heterocycles. The van der Waals surface area contributed by atoms with Gasteiger partial charge in [0, 0.05) is 11.8 Å². The number of aromatic nitrogens is 1. The molecule has 2 N–H and O–H groups in total. The minimum Gasteiger partial charge on any atom is -0.479 e. The molecule has 0 radical (unpaired) electrons. The number of nitrogens with one attached hydrogen (secondary N) is 1. The average Bonchev–Trinajstić information content (AvgIpc) is 2.58. The number of carbonyl (C=O) groups is 1. The number of H-pyrrole nitrogens is 1. The number of halogens is 1. The Bertz CT molecular complexity index is 1030. The van der Waals surface area contributed by atoms with E-state index in [1.54, 1.807) is 37.4 Å². The second kappa shape index (κ2) is 6.39. The molecule has 0 bridgehead atoms. The van der Waals surface area contributed by atoms with E-state index >= 15 is 0 Å². The number of carboxylic acids is 1. The van der Waals surface area contributed by atoms with Gasteiger partial charge in [-0.2, -0.15) is 0 Å². The van der Waals surface area contributed by atoms with E-state index in [4.69, 9.17) is 9.84 Å². The number of pyridine rings is 1. The molecule has 3 aromatic rings. The number of hydrogen-bond acceptors (Lipinski definition) is 3. The average molecular weight is 341 g/mol. The molecule has 1 atom stereocenters. The highest BCUT2D eigenvalue weighted by Gasteiger charge is 2.15. The van der Waals surface area contributed by atoms with Gasteiger partial charge in [0.1, 0.15) is 11.6 Å². The van der Waals surface area contributed by atoms with Gasteiger partial charge in [-0.1, -0.05) is 12.1 Å². The highest BCUT2D eigenvalue weighted by molar-refractivity contribution is 5.97. The van der Waals surface area contributed by atoms with Crippen molar-refractivity contribution in [2.24, 2.45) is 0 Å². The van der Waals surface area contributed by atoms with Crippen LogP contribution in [0.5, 0.6) is 5.75 Å². The SMILES string of the molecule is Cc1c(F)cccc1-c1c[nH]c(=O)c2cc(O[C@H](C)C(=O)O)ccc12. The third kappa shape index (κ3) is 3.10. The standard InChI is InChI=1S/C19H16FNO4/c1-10-13(4-3-5-17(10)20)16-9-21-18(22)15-8-12(6-7-14(15)16)25-11(2)19(23)24/h3-9,11H,1-2H3,(H,21,22)(H,23,24)/t11-/m1/s1. The molecule has 6 heteroatoms. The number of aliphatic carboxylic acids is 1. The van der Waals surface area contributed by atoms with Crippen molar-refractivity contribution >= 4 is 16.7 Å². The predicted octanol–water partition coefficient (Wildman–Crippen LogP) is 3.49. The van der Waals surface area contributed by atoms with Gasteiger partial charge in [0.05, 0.1) is 5.39 Å². The number of fused-ring (bicyclic) bond motifs is 1. The smallest absolute Gasteiger partial charge is 0.344 e. The van der Waals surface area contributed by atoms with Gasteiger partial charge in [-0.25, -0.2) is 9.18 Å². The summed E-state index contributed by atoms with van der Waals surface area (Å²) in [7, 11) is 0. The van der Waals surface area contributed by atoms with E-state index in [-0.39, 0.29) is 17.1 Å². The maximum atomic E-state index is 13.9. The minimum absolute atomic E-state index is 0.279. The van der Waals surface area contributed by atoms with Crippen LogP contribution in [0.4, 0.5) is 4.39 Å². The quantitative estimate of drug-likeness (QED) is 0.761. The molecule has 0 saturated carbocycles. The van der Waals surface area contributed by atoms with E-state index in [2.05, 4.69) is 4.98 Å². The lowest BCUT2D eigenvalue weighted by Gasteiger charge is -2.13. The summed E-state index contributed by atoms with van der Waals surface area (Å²) in [6.07, 6.45) is 0.512. The maximum absolute atomic E-state index is 13.9. The molecule has 128 valence electrons. The summed E-state index contributed by atoms with van der Waals surface area (Å²) < 4.78 is 19.2. The Morgan fingerprint density at radius 1 is 1.20 bits per heavy atom. The molecule has 2 aromatic carbocycles. The highest BCUT2D eigenvalue weighted by atomic mass is 19.1. The van der Waals surface area contributed by atoms with Crippen molar-refractivity contribution in [3.63, 3.8) is 0 Å². The van der Waals surface area contributed by atoms with E-state index in [1.807, 2.05) is 0 Å². The molecule has 1 heterocycles. The van der Waals surface area contributed by atoms with Crippen molar-refractivity contribution in [3.05, 3.63) is 64.3 Å². The molecule has 0 fully saturated rings. The third-order valence-electron chi connectivity index (χ3n) is 4.09. The fourth-order valence-electron chi connectivity index (χ4n) is 2.69. The number of ether oxygens (including phenoxy) is 1. The first-order valence-electron chi connectivity index (χ1n) is 7.69. The molecule has 0 spiro atoms. The van der Waals surface area contributed by atoms with Gasteiger partial charge >= 0.3 is 5.97 Å². The molecule has 0 unspecified atom stereocenters. The summed E-state index contributed by atoms with van der Waals surface area (Å²) in [5.41, 5.74) is 1.51. The van der Waals surface area contributed by atoms with Gasteiger partial charge in [-0.05, 0) is 54.6 Å². The number of hydrogen-bond donors (Lipinski definition) is 2. The molecule has 0 aliphatic heterocycles. The van der Waals surface area contributed by atoms with E-state index in [1.165, 1.54) is 19.1 Å². The van der Waals surface area contributed by atoms with Crippen molar-refractivity contribution < 1.29 is 19.0 Å². The van der Waals surface area contributed by atoms with Crippen LogP contribution in [0.3, 0.4) is 0 Å². The lowest BCUT2D eigenvalue weighted by Crippen LogP contribution is -2.22. The molecular weight excluding hydrogens is 325 g/mol. The normalized spacial score (nSPS) is 12.1. The minimum atomic E-state index is -1.10. The van der Waals surface area contributed by atoms with Gasteiger partial charge in [0.2, 0.25) is 0 Å². The first-order valence-corrected chi connectivity index (χ1v) is 7.69.